The first-order valence-corrected chi connectivity index (χ1v) is 8.14. The van der Waals surface area contributed by atoms with Crippen molar-refractivity contribution in [1.82, 2.24) is 9.27 Å². The van der Waals surface area contributed by atoms with E-state index in [2.05, 4.69) is 23.1 Å². The lowest BCUT2D eigenvalue weighted by Crippen LogP contribution is -2.45. The van der Waals surface area contributed by atoms with E-state index in [9.17, 15) is 4.79 Å². The molecule has 0 spiro atoms. The number of hydrogen-bond donors (Lipinski definition) is 0. The van der Waals surface area contributed by atoms with Gasteiger partial charge in [-0.1, -0.05) is 30.8 Å². The van der Waals surface area contributed by atoms with Gasteiger partial charge in [0.05, 0.1) is 18.0 Å². The highest BCUT2D eigenvalue weighted by atomic mass is 32.1. The second-order valence-corrected chi connectivity index (χ2v) is 5.87. The average Bonchev–Trinajstić information content (AvgIpc) is 3.07. The van der Waals surface area contributed by atoms with Gasteiger partial charge in [0.1, 0.15) is 6.04 Å². The van der Waals surface area contributed by atoms with Gasteiger partial charge in [-0.2, -0.15) is 4.37 Å². The topological polar surface area (TPSA) is 42.4 Å². The van der Waals surface area contributed by atoms with Crippen molar-refractivity contribution in [3.63, 3.8) is 0 Å². The highest BCUT2D eigenvalue weighted by Gasteiger charge is 2.33. The van der Waals surface area contributed by atoms with Gasteiger partial charge >= 0.3 is 5.97 Å². The molecule has 0 bridgehead atoms. The van der Waals surface area contributed by atoms with Crippen LogP contribution in [0, 0.1) is 0 Å². The third-order valence-electron chi connectivity index (χ3n) is 3.89. The molecule has 0 radical (unpaired) electrons. The van der Waals surface area contributed by atoms with Crippen LogP contribution in [0.4, 0.5) is 0 Å². The molecule has 1 atom stereocenters. The zero-order valence-corrected chi connectivity index (χ0v) is 13.3. The Kier molecular flexibility index (Phi) is 4.24. The van der Waals surface area contributed by atoms with Crippen molar-refractivity contribution in [2.45, 2.75) is 25.9 Å². The number of aromatic nitrogens is 1. The Labute approximate surface area is 134 Å². The fourth-order valence-electron chi connectivity index (χ4n) is 2.76. The maximum atomic E-state index is 12.4. The van der Waals surface area contributed by atoms with Crippen LogP contribution >= 0.6 is 11.5 Å². The van der Waals surface area contributed by atoms with Crippen molar-refractivity contribution in [1.29, 1.82) is 0 Å². The minimum atomic E-state index is -0.343. The standard InChI is InChI=1S/C17H18N2O2S/c1-3-21-17(20)16-10-13-6-4-5-7-14(13)11-19(16)12(2)15-8-9-22-18-15/h4-9,16H,2-3,10-11H2,1H3. The Morgan fingerprint density at radius 2 is 2.18 bits per heavy atom. The Morgan fingerprint density at radius 3 is 2.86 bits per heavy atom. The van der Waals surface area contributed by atoms with E-state index in [1.165, 1.54) is 22.7 Å². The molecule has 2 aromatic rings. The van der Waals surface area contributed by atoms with Gasteiger partial charge in [-0.05, 0) is 35.6 Å². The predicted molar refractivity (Wildman–Crippen MR) is 87.3 cm³/mol. The van der Waals surface area contributed by atoms with Gasteiger partial charge in [-0.3, -0.25) is 0 Å². The molecule has 0 N–H and O–H groups in total. The van der Waals surface area contributed by atoms with E-state index in [-0.39, 0.29) is 12.0 Å². The van der Waals surface area contributed by atoms with E-state index < -0.39 is 0 Å². The van der Waals surface area contributed by atoms with E-state index in [0.29, 0.717) is 19.6 Å². The Morgan fingerprint density at radius 1 is 1.41 bits per heavy atom. The third-order valence-corrected chi connectivity index (χ3v) is 4.45. The highest BCUT2D eigenvalue weighted by molar-refractivity contribution is 7.03. The fraction of sp³-hybridized carbons (Fsp3) is 0.294. The fourth-order valence-corrected chi connectivity index (χ4v) is 3.29. The first-order chi connectivity index (χ1) is 10.7. The molecule has 1 unspecified atom stereocenters. The second-order valence-electron chi connectivity index (χ2n) is 5.20. The molecule has 114 valence electrons. The molecule has 22 heavy (non-hydrogen) atoms. The lowest BCUT2D eigenvalue weighted by Gasteiger charge is -2.37. The van der Waals surface area contributed by atoms with Gasteiger partial charge in [0.2, 0.25) is 0 Å². The Balaban J connectivity index is 1.94. The largest absolute Gasteiger partial charge is 0.464 e. The number of carbonyl (C=O) groups is 1. The molecule has 0 amide bonds. The molecule has 1 aromatic heterocycles. The number of carbonyl (C=O) groups excluding carboxylic acids is 1. The molecule has 1 aliphatic heterocycles. The van der Waals surface area contributed by atoms with Crippen LogP contribution in [0.15, 0.2) is 42.3 Å². The molecular formula is C17H18N2O2S. The lowest BCUT2D eigenvalue weighted by molar-refractivity contribution is -0.148. The first kappa shape index (κ1) is 14.8. The Hall–Kier alpha value is -2.14. The zero-order valence-electron chi connectivity index (χ0n) is 12.5. The van der Waals surface area contributed by atoms with Crippen molar-refractivity contribution in [3.05, 3.63) is 59.1 Å². The molecule has 0 fully saturated rings. The van der Waals surface area contributed by atoms with Crippen LogP contribution in [0.1, 0.15) is 23.7 Å². The summed E-state index contributed by atoms with van der Waals surface area (Å²) in [6.07, 6.45) is 0.637. The van der Waals surface area contributed by atoms with Crippen molar-refractivity contribution < 1.29 is 9.53 Å². The van der Waals surface area contributed by atoms with Crippen molar-refractivity contribution in [2.75, 3.05) is 6.61 Å². The number of nitrogens with zero attached hydrogens (tertiary/aromatic N) is 2. The van der Waals surface area contributed by atoms with Gasteiger partial charge < -0.3 is 9.64 Å². The minimum absolute atomic E-state index is 0.201. The van der Waals surface area contributed by atoms with Crippen LogP contribution in [-0.2, 0) is 22.5 Å². The van der Waals surface area contributed by atoms with Crippen LogP contribution in [-0.4, -0.2) is 27.9 Å². The van der Waals surface area contributed by atoms with E-state index in [4.69, 9.17) is 4.74 Å². The van der Waals surface area contributed by atoms with Gasteiger partial charge in [-0.15, -0.1) is 0 Å². The normalized spacial score (nSPS) is 17.0. The summed E-state index contributed by atoms with van der Waals surface area (Å²) in [6.45, 7) is 7.01. The summed E-state index contributed by atoms with van der Waals surface area (Å²) < 4.78 is 9.59. The summed E-state index contributed by atoms with van der Waals surface area (Å²) in [4.78, 5) is 14.4. The number of fused-ring (bicyclic) bond motifs is 1. The lowest BCUT2D eigenvalue weighted by atomic mass is 9.93. The summed E-state index contributed by atoms with van der Waals surface area (Å²) in [7, 11) is 0. The molecular weight excluding hydrogens is 296 g/mol. The number of benzene rings is 1. The summed E-state index contributed by atoms with van der Waals surface area (Å²) in [5, 5.41) is 1.91. The molecule has 3 rings (SSSR count). The molecule has 1 aromatic carbocycles. The predicted octanol–water partition coefficient (Wildman–Crippen LogP) is 3.10. The van der Waals surface area contributed by atoms with E-state index in [0.717, 1.165) is 11.4 Å². The van der Waals surface area contributed by atoms with Gasteiger partial charge in [0, 0.05) is 18.3 Å². The van der Waals surface area contributed by atoms with Crippen LogP contribution in [0.25, 0.3) is 5.70 Å². The number of hydrogen-bond acceptors (Lipinski definition) is 5. The minimum Gasteiger partial charge on any atom is -0.464 e. The Bertz CT molecular complexity index is 682. The molecule has 1 aliphatic rings. The van der Waals surface area contributed by atoms with Crippen LogP contribution < -0.4 is 0 Å². The smallest absolute Gasteiger partial charge is 0.329 e. The molecule has 0 saturated carbocycles. The second kappa shape index (κ2) is 6.32. The van der Waals surface area contributed by atoms with Gasteiger partial charge in [-0.25, -0.2) is 4.79 Å². The number of ether oxygens (including phenoxy) is 1. The maximum Gasteiger partial charge on any atom is 0.329 e. The van der Waals surface area contributed by atoms with Crippen molar-refractivity contribution in [2.24, 2.45) is 0 Å². The monoisotopic (exact) mass is 314 g/mol. The highest BCUT2D eigenvalue weighted by Crippen LogP contribution is 2.30. The van der Waals surface area contributed by atoms with Crippen LogP contribution in [0.2, 0.25) is 0 Å². The average molecular weight is 314 g/mol. The third kappa shape index (κ3) is 2.76. The van der Waals surface area contributed by atoms with Crippen LogP contribution in [0.3, 0.4) is 0 Å². The van der Waals surface area contributed by atoms with Gasteiger partial charge in [0.25, 0.3) is 0 Å². The molecule has 0 saturated heterocycles. The van der Waals surface area contributed by atoms with E-state index in [1.807, 2.05) is 35.4 Å². The zero-order chi connectivity index (χ0) is 15.5. The first-order valence-electron chi connectivity index (χ1n) is 7.30. The van der Waals surface area contributed by atoms with E-state index >= 15 is 0 Å². The van der Waals surface area contributed by atoms with Gasteiger partial charge in [0.15, 0.2) is 0 Å². The number of rotatable bonds is 4. The molecule has 2 heterocycles. The summed E-state index contributed by atoms with van der Waals surface area (Å²) in [6, 6.07) is 9.78. The van der Waals surface area contributed by atoms with Crippen LogP contribution in [0.5, 0.6) is 0 Å². The number of esters is 1. The van der Waals surface area contributed by atoms with Crippen molar-refractivity contribution >= 4 is 23.2 Å². The molecule has 5 heteroatoms. The SMILES string of the molecule is C=C(c1ccsn1)N1Cc2ccccc2CC1C(=O)OCC. The van der Waals surface area contributed by atoms with E-state index in [1.54, 1.807) is 0 Å². The van der Waals surface area contributed by atoms with Crippen molar-refractivity contribution in [3.8, 4) is 0 Å². The summed E-state index contributed by atoms with van der Waals surface area (Å²) >= 11 is 1.38. The molecule has 4 nitrogen and oxygen atoms in total. The quantitative estimate of drug-likeness (QED) is 0.813. The summed E-state index contributed by atoms with van der Waals surface area (Å²) in [5.74, 6) is -0.201. The summed E-state index contributed by atoms with van der Waals surface area (Å²) in [5.41, 5.74) is 4.01. The molecule has 0 aliphatic carbocycles. The maximum absolute atomic E-state index is 12.4.